The highest BCUT2D eigenvalue weighted by atomic mass is 35.5. The van der Waals surface area contributed by atoms with Crippen LogP contribution in [0.1, 0.15) is 23.0 Å². The molecule has 1 amide bonds. The fourth-order valence-corrected chi connectivity index (χ4v) is 3.00. The molecule has 0 aliphatic heterocycles. The zero-order chi connectivity index (χ0) is 20.3. The number of amides is 1. The maximum absolute atomic E-state index is 13.6. The summed E-state index contributed by atoms with van der Waals surface area (Å²) in [6, 6.07) is 11.8. The van der Waals surface area contributed by atoms with Gasteiger partial charge >= 0.3 is 0 Å². The van der Waals surface area contributed by atoms with E-state index in [1.807, 2.05) is 30.3 Å². The van der Waals surface area contributed by atoms with E-state index in [1.54, 1.807) is 13.8 Å². The summed E-state index contributed by atoms with van der Waals surface area (Å²) in [5.74, 6) is -2.00. The van der Waals surface area contributed by atoms with E-state index < -0.39 is 23.6 Å². The lowest BCUT2D eigenvalue weighted by molar-refractivity contribution is 0.0925. The van der Waals surface area contributed by atoms with E-state index in [9.17, 15) is 13.6 Å². The second-order valence-electron chi connectivity index (χ2n) is 6.26. The molecule has 0 spiro atoms. The number of rotatable bonds is 6. The number of aromatic nitrogens is 2. The number of aryl methyl sites for hydroxylation is 1. The number of hydrogen-bond acceptors (Lipinski definition) is 3. The Labute approximate surface area is 165 Å². The average molecular weight is 406 g/mol. The van der Waals surface area contributed by atoms with Gasteiger partial charge in [0, 0.05) is 6.07 Å². The molecule has 1 aromatic heterocycles. The quantitative estimate of drug-likeness (QED) is 0.665. The summed E-state index contributed by atoms with van der Waals surface area (Å²) in [7, 11) is 0. The van der Waals surface area contributed by atoms with Crippen molar-refractivity contribution >= 4 is 17.5 Å². The summed E-state index contributed by atoms with van der Waals surface area (Å²) in [5.41, 5.74) is 1.46. The third-order valence-corrected chi connectivity index (χ3v) is 4.34. The van der Waals surface area contributed by atoms with E-state index in [-0.39, 0.29) is 23.1 Å². The number of nitrogens with one attached hydrogen (secondary N) is 1. The number of halogens is 3. The number of benzene rings is 2. The Hall–Kier alpha value is -2.93. The monoisotopic (exact) mass is 405 g/mol. The first-order valence-electron chi connectivity index (χ1n) is 8.56. The fourth-order valence-electron chi connectivity index (χ4n) is 2.64. The second-order valence-corrected chi connectivity index (χ2v) is 6.62. The van der Waals surface area contributed by atoms with Crippen molar-refractivity contribution < 1.29 is 18.3 Å². The van der Waals surface area contributed by atoms with Gasteiger partial charge in [0.25, 0.3) is 5.91 Å². The zero-order valence-corrected chi connectivity index (χ0v) is 16.0. The molecule has 3 aromatic rings. The van der Waals surface area contributed by atoms with E-state index in [2.05, 4.69) is 10.4 Å². The predicted octanol–water partition coefficient (Wildman–Crippen LogP) is 4.31. The molecule has 0 fully saturated rings. The molecular weight excluding hydrogens is 388 g/mol. The van der Waals surface area contributed by atoms with Crippen molar-refractivity contribution in [1.82, 2.24) is 15.1 Å². The molecule has 2 aromatic carbocycles. The molecule has 0 saturated heterocycles. The maximum atomic E-state index is 13.6. The fraction of sp³-hybridized carbons (Fsp3) is 0.200. The van der Waals surface area contributed by atoms with Crippen LogP contribution in [0.4, 0.5) is 8.78 Å². The first-order valence-corrected chi connectivity index (χ1v) is 8.94. The van der Waals surface area contributed by atoms with Crippen LogP contribution in [0.15, 0.2) is 48.5 Å². The van der Waals surface area contributed by atoms with Gasteiger partial charge < -0.3 is 10.1 Å². The van der Waals surface area contributed by atoms with Gasteiger partial charge in [0.2, 0.25) is 0 Å². The number of hydrogen-bond donors (Lipinski definition) is 1. The minimum Gasteiger partial charge on any atom is -0.488 e. The van der Waals surface area contributed by atoms with Crippen molar-refractivity contribution in [2.45, 2.75) is 19.9 Å². The molecule has 1 atom stereocenters. The maximum Gasteiger partial charge on any atom is 0.256 e. The first-order chi connectivity index (χ1) is 13.4. The predicted molar refractivity (Wildman–Crippen MR) is 102 cm³/mol. The number of ether oxygens (including phenoxy) is 1. The second kappa shape index (κ2) is 8.39. The minimum atomic E-state index is -0.804. The number of carbonyl (C=O) groups is 1. The molecule has 3 rings (SSSR count). The van der Waals surface area contributed by atoms with Gasteiger partial charge in [-0.1, -0.05) is 29.8 Å². The minimum absolute atomic E-state index is 0.00220. The molecule has 0 bridgehead atoms. The molecule has 1 N–H and O–H groups in total. The average Bonchev–Trinajstić information content (AvgIpc) is 2.96. The summed E-state index contributed by atoms with van der Waals surface area (Å²) in [6.45, 7) is 3.39. The highest BCUT2D eigenvalue weighted by Crippen LogP contribution is 2.23. The Bertz CT molecular complexity index is 993. The van der Waals surface area contributed by atoms with Crippen LogP contribution in [0.3, 0.4) is 0 Å². The Balaban J connectivity index is 1.68. The Morgan fingerprint density at radius 3 is 2.64 bits per heavy atom. The van der Waals surface area contributed by atoms with Crippen LogP contribution in [0.5, 0.6) is 5.75 Å². The summed E-state index contributed by atoms with van der Waals surface area (Å²) in [4.78, 5) is 12.6. The molecular formula is C20H18ClF2N3O2. The van der Waals surface area contributed by atoms with Crippen molar-refractivity contribution in [3.63, 3.8) is 0 Å². The van der Waals surface area contributed by atoms with Crippen molar-refractivity contribution in [3.05, 3.63) is 76.6 Å². The van der Waals surface area contributed by atoms with Crippen molar-refractivity contribution in [2.24, 2.45) is 0 Å². The van der Waals surface area contributed by atoms with E-state index in [4.69, 9.17) is 16.3 Å². The molecule has 146 valence electrons. The van der Waals surface area contributed by atoms with Gasteiger partial charge in [-0.15, -0.1) is 0 Å². The van der Waals surface area contributed by atoms with Gasteiger partial charge in [0.05, 0.1) is 23.0 Å². The highest BCUT2D eigenvalue weighted by molar-refractivity contribution is 6.33. The van der Waals surface area contributed by atoms with E-state index >= 15 is 0 Å². The van der Waals surface area contributed by atoms with Gasteiger partial charge in [0.1, 0.15) is 17.6 Å². The molecule has 8 heteroatoms. The van der Waals surface area contributed by atoms with Crippen LogP contribution in [0.25, 0.3) is 5.69 Å². The van der Waals surface area contributed by atoms with Gasteiger partial charge in [0.15, 0.2) is 11.6 Å². The molecule has 0 aliphatic carbocycles. The van der Waals surface area contributed by atoms with Crippen LogP contribution >= 0.6 is 11.6 Å². The molecule has 0 saturated carbocycles. The molecule has 28 heavy (non-hydrogen) atoms. The summed E-state index contributed by atoms with van der Waals surface area (Å²) >= 11 is 6.37. The zero-order valence-electron chi connectivity index (χ0n) is 15.2. The van der Waals surface area contributed by atoms with Crippen molar-refractivity contribution in [2.75, 3.05) is 6.61 Å². The summed E-state index contributed by atoms with van der Waals surface area (Å²) < 4.78 is 33.4. The summed E-state index contributed by atoms with van der Waals surface area (Å²) in [5, 5.41) is 7.27. The van der Waals surface area contributed by atoms with Crippen molar-refractivity contribution in [1.29, 1.82) is 0 Å². The first kappa shape index (κ1) is 19.8. The van der Waals surface area contributed by atoms with Crippen molar-refractivity contribution in [3.8, 4) is 11.4 Å². The number of carbonyl (C=O) groups excluding carboxylic acids is 1. The number of para-hydroxylation sites is 1. The van der Waals surface area contributed by atoms with Crippen LogP contribution in [-0.2, 0) is 0 Å². The number of nitrogens with zero attached hydrogens (tertiary/aromatic N) is 2. The Kier molecular flexibility index (Phi) is 5.94. The smallest absolute Gasteiger partial charge is 0.256 e. The van der Waals surface area contributed by atoms with Gasteiger partial charge in [-0.05, 0) is 38.1 Å². The standard InChI is InChI=1S/C20H18ClF2N3O2/c1-12(11-28-17-9-8-14(22)10-16(17)23)24-20(27)18-13(2)25-26(19(18)21)15-6-4-3-5-7-15/h3-10,12H,11H2,1-2H3,(H,24,27)/t12-/m1/s1. The van der Waals surface area contributed by atoms with Crippen LogP contribution in [0.2, 0.25) is 5.15 Å². The van der Waals surface area contributed by atoms with E-state index in [1.165, 1.54) is 10.7 Å². The lowest BCUT2D eigenvalue weighted by Crippen LogP contribution is -2.37. The lowest BCUT2D eigenvalue weighted by atomic mass is 10.2. The van der Waals surface area contributed by atoms with Gasteiger partial charge in [-0.25, -0.2) is 13.5 Å². The third kappa shape index (κ3) is 4.31. The van der Waals surface area contributed by atoms with Gasteiger partial charge in [-0.2, -0.15) is 5.10 Å². The van der Waals surface area contributed by atoms with Gasteiger partial charge in [-0.3, -0.25) is 4.79 Å². The normalized spacial score (nSPS) is 11.9. The van der Waals surface area contributed by atoms with Crippen LogP contribution < -0.4 is 10.1 Å². The molecule has 0 radical (unpaired) electrons. The Morgan fingerprint density at radius 2 is 1.96 bits per heavy atom. The third-order valence-electron chi connectivity index (χ3n) is 3.99. The van der Waals surface area contributed by atoms with Crippen LogP contribution in [0, 0.1) is 18.6 Å². The lowest BCUT2D eigenvalue weighted by Gasteiger charge is -2.15. The largest absolute Gasteiger partial charge is 0.488 e. The summed E-state index contributed by atoms with van der Waals surface area (Å²) in [6.07, 6.45) is 0. The molecule has 0 aliphatic rings. The highest BCUT2D eigenvalue weighted by Gasteiger charge is 2.22. The molecule has 1 heterocycles. The topological polar surface area (TPSA) is 56.2 Å². The molecule has 5 nitrogen and oxygen atoms in total. The van der Waals surface area contributed by atoms with Crippen LogP contribution in [-0.4, -0.2) is 28.3 Å². The van der Waals surface area contributed by atoms with E-state index in [0.717, 1.165) is 17.8 Å². The van der Waals surface area contributed by atoms with E-state index in [0.29, 0.717) is 5.69 Å². The SMILES string of the molecule is Cc1nn(-c2ccccc2)c(Cl)c1C(=O)N[C@H](C)COc1ccc(F)cc1F. The Morgan fingerprint density at radius 1 is 1.25 bits per heavy atom. The molecule has 0 unspecified atom stereocenters.